The Balaban J connectivity index is 2.71. The SMILES string of the molecule is OCC1=CC=CC(O)C=C1. The lowest BCUT2D eigenvalue weighted by atomic mass is 10.2. The van der Waals surface area contributed by atoms with Crippen molar-refractivity contribution in [2.75, 3.05) is 6.61 Å². The second kappa shape index (κ2) is 3.34. The van der Waals surface area contributed by atoms with Gasteiger partial charge in [0.1, 0.15) is 0 Å². The van der Waals surface area contributed by atoms with E-state index in [0.29, 0.717) is 0 Å². The Labute approximate surface area is 59.8 Å². The van der Waals surface area contributed by atoms with Gasteiger partial charge in [-0.1, -0.05) is 30.4 Å². The molecule has 2 nitrogen and oxygen atoms in total. The summed E-state index contributed by atoms with van der Waals surface area (Å²) in [6, 6.07) is 0. The molecule has 0 aromatic carbocycles. The fraction of sp³-hybridized carbons (Fsp3) is 0.250. The second-order valence-corrected chi connectivity index (χ2v) is 2.13. The van der Waals surface area contributed by atoms with Crippen molar-refractivity contribution in [2.24, 2.45) is 0 Å². The number of allylic oxidation sites excluding steroid dienone is 2. The number of aliphatic hydroxyl groups is 2. The van der Waals surface area contributed by atoms with Crippen molar-refractivity contribution in [1.82, 2.24) is 0 Å². The van der Waals surface area contributed by atoms with Gasteiger partial charge in [-0.05, 0) is 5.57 Å². The van der Waals surface area contributed by atoms with Gasteiger partial charge in [-0.25, -0.2) is 0 Å². The van der Waals surface area contributed by atoms with E-state index in [-0.39, 0.29) is 6.61 Å². The summed E-state index contributed by atoms with van der Waals surface area (Å²) in [6.07, 6.45) is 7.98. The van der Waals surface area contributed by atoms with Gasteiger partial charge in [-0.2, -0.15) is 0 Å². The van der Waals surface area contributed by atoms with Crippen molar-refractivity contribution in [3.05, 3.63) is 36.0 Å². The van der Waals surface area contributed by atoms with Gasteiger partial charge in [0.05, 0.1) is 12.7 Å². The molecule has 1 aliphatic rings. The molecule has 1 aliphatic carbocycles. The fourth-order valence-electron chi connectivity index (χ4n) is 0.740. The van der Waals surface area contributed by atoms with Crippen LogP contribution in [0.2, 0.25) is 0 Å². The second-order valence-electron chi connectivity index (χ2n) is 2.13. The number of aliphatic hydroxyl groups excluding tert-OH is 2. The molecule has 2 heteroatoms. The molecule has 0 radical (unpaired) electrons. The Morgan fingerprint density at radius 1 is 1.40 bits per heavy atom. The predicted octanol–water partition coefficient (Wildman–Crippen LogP) is 0.392. The average molecular weight is 138 g/mol. The third kappa shape index (κ3) is 1.83. The van der Waals surface area contributed by atoms with Gasteiger partial charge in [0.2, 0.25) is 0 Å². The van der Waals surface area contributed by atoms with Crippen molar-refractivity contribution in [3.63, 3.8) is 0 Å². The molecule has 0 spiro atoms. The summed E-state index contributed by atoms with van der Waals surface area (Å²) in [6.45, 7) is 0.0214. The monoisotopic (exact) mass is 138 g/mol. The van der Waals surface area contributed by atoms with Crippen molar-refractivity contribution in [2.45, 2.75) is 6.10 Å². The van der Waals surface area contributed by atoms with Crippen LogP contribution in [0.5, 0.6) is 0 Å². The van der Waals surface area contributed by atoms with Gasteiger partial charge in [0.25, 0.3) is 0 Å². The fourth-order valence-corrected chi connectivity index (χ4v) is 0.740. The van der Waals surface area contributed by atoms with Gasteiger partial charge < -0.3 is 10.2 Å². The van der Waals surface area contributed by atoms with Crippen molar-refractivity contribution >= 4 is 0 Å². The van der Waals surface area contributed by atoms with E-state index in [4.69, 9.17) is 10.2 Å². The van der Waals surface area contributed by atoms with Crippen LogP contribution in [-0.4, -0.2) is 22.9 Å². The zero-order chi connectivity index (χ0) is 7.40. The lowest BCUT2D eigenvalue weighted by Crippen LogP contribution is -1.94. The van der Waals surface area contributed by atoms with Crippen LogP contribution in [0.3, 0.4) is 0 Å². The molecule has 0 aliphatic heterocycles. The molecule has 0 fully saturated rings. The van der Waals surface area contributed by atoms with Crippen LogP contribution in [-0.2, 0) is 0 Å². The van der Waals surface area contributed by atoms with Crippen molar-refractivity contribution in [1.29, 1.82) is 0 Å². The molecule has 1 rings (SSSR count). The first-order valence-electron chi connectivity index (χ1n) is 3.17. The molecule has 1 atom stereocenters. The highest BCUT2D eigenvalue weighted by Crippen LogP contribution is 2.03. The molecule has 0 saturated carbocycles. The third-order valence-electron chi connectivity index (χ3n) is 1.31. The van der Waals surface area contributed by atoms with Gasteiger partial charge >= 0.3 is 0 Å². The molecule has 10 heavy (non-hydrogen) atoms. The molecule has 0 saturated heterocycles. The lowest BCUT2D eigenvalue weighted by molar-refractivity contribution is 0.271. The van der Waals surface area contributed by atoms with Gasteiger partial charge in [-0.15, -0.1) is 0 Å². The van der Waals surface area contributed by atoms with Gasteiger partial charge in [0, 0.05) is 0 Å². The molecule has 0 amide bonds. The molecule has 1 unspecified atom stereocenters. The minimum absolute atomic E-state index is 0.0214. The van der Waals surface area contributed by atoms with E-state index in [1.807, 2.05) is 0 Å². The molecule has 0 aromatic heterocycles. The Bertz CT molecular complexity index is 189. The van der Waals surface area contributed by atoms with E-state index in [1.54, 1.807) is 30.4 Å². The van der Waals surface area contributed by atoms with Gasteiger partial charge in [-0.3, -0.25) is 0 Å². The van der Waals surface area contributed by atoms with E-state index < -0.39 is 6.10 Å². The van der Waals surface area contributed by atoms with E-state index in [2.05, 4.69) is 0 Å². The van der Waals surface area contributed by atoms with Crippen molar-refractivity contribution < 1.29 is 10.2 Å². The molecular weight excluding hydrogens is 128 g/mol. The first-order valence-corrected chi connectivity index (χ1v) is 3.17. The van der Waals surface area contributed by atoms with Gasteiger partial charge in [0.15, 0.2) is 0 Å². The van der Waals surface area contributed by atoms with Crippen LogP contribution in [0.1, 0.15) is 0 Å². The van der Waals surface area contributed by atoms with E-state index in [1.165, 1.54) is 0 Å². The van der Waals surface area contributed by atoms with E-state index in [9.17, 15) is 0 Å². The molecule has 0 heterocycles. The Morgan fingerprint density at radius 3 is 2.90 bits per heavy atom. The normalized spacial score (nSPS) is 24.2. The highest BCUT2D eigenvalue weighted by atomic mass is 16.3. The molecular formula is C8H10O2. The number of rotatable bonds is 1. The topological polar surface area (TPSA) is 40.5 Å². The first-order chi connectivity index (χ1) is 4.83. The summed E-state index contributed by atoms with van der Waals surface area (Å²) >= 11 is 0. The maximum absolute atomic E-state index is 9.01. The van der Waals surface area contributed by atoms with Crippen LogP contribution in [0.15, 0.2) is 36.0 Å². The third-order valence-corrected chi connectivity index (χ3v) is 1.31. The molecule has 0 bridgehead atoms. The zero-order valence-electron chi connectivity index (χ0n) is 5.57. The summed E-state index contributed by atoms with van der Waals surface area (Å²) in [4.78, 5) is 0. The Hall–Kier alpha value is -0.860. The van der Waals surface area contributed by atoms with Crippen LogP contribution < -0.4 is 0 Å². The smallest absolute Gasteiger partial charge is 0.0908 e. The summed E-state index contributed by atoms with van der Waals surface area (Å²) in [5.74, 6) is 0. The zero-order valence-corrected chi connectivity index (χ0v) is 5.57. The Morgan fingerprint density at radius 2 is 2.20 bits per heavy atom. The lowest BCUT2D eigenvalue weighted by Gasteiger charge is -1.93. The summed E-state index contributed by atoms with van der Waals surface area (Å²) in [7, 11) is 0. The molecule has 0 aromatic rings. The summed E-state index contributed by atoms with van der Waals surface area (Å²) < 4.78 is 0. The molecule has 2 N–H and O–H groups in total. The summed E-state index contributed by atoms with van der Waals surface area (Å²) in [5, 5.41) is 17.7. The average Bonchev–Trinajstić information content (AvgIpc) is 2.14. The maximum atomic E-state index is 9.01. The highest BCUT2D eigenvalue weighted by molar-refractivity contribution is 5.29. The van der Waals surface area contributed by atoms with E-state index >= 15 is 0 Å². The van der Waals surface area contributed by atoms with Crippen LogP contribution in [0.25, 0.3) is 0 Å². The first kappa shape index (κ1) is 7.25. The van der Waals surface area contributed by atoms with Crippen LogP contribution in [0.4, 0.5) is 0 Å². The predicted molar refractivity (Wildman–Crippen MR) is 39.5 cm³/mol. The summed E-state index contributed by atoms with van der Waals surface area (Å²) in [5.41, 5.74) is 0.813. The van der Waals surface area contributed by atoms with E-state index in [0.717, 1.165) is 5.57 Å². The van der Waals surface area contributed by atoms with Crippen LogP contribution >= 0.6 is 0 Å². The van der Waals surface area contributed by atoms with Crippen molar-refractivity contribution in [3.8, 4) is 0 Å². The minimum atomic E-state index is -0.514. The quantitative estimate of drug-likeness (QED) is 0.550. The standard InChI is InChI=1S/C8H10O2/c9-6-7-2-1-3-8(10)5-4-7/h1-5,8-10H,6H2. The molecule has 54 valence electrons. The highest BCUT2D eigenvalue weighted by Gasteiger charge is 1.95. The minimum Gasteiger partial charge on any atom is -0.392 e. The Kier molecular flexibility index (Phi) is 2.42. The number of hydrogen-bond donors (Lipinski definition) is 2. The largest absolute Gasteiger partial charge is 0.392 e. The van der Waals surface area contributed by atoms with Crippen LogP contribution in [0, 0.1) is 0 Å². The maximum Gasteiger partial charge on any atom is 0.0908 e. The number of hydrogen-bond acceptors (Lipinski definition) is 2.